The molecule has 1 radical (unpaired) electrons. The van der Waals surface area contributed by atoms with E-state index in [9.17, 15) is 5.02 Å². The maximum Gasteiger partial charge on any atom is 0.491 e. The van der Waals surface area contributed by atoms with Crippen LogP contribution in [0.25, 0.3) is 0 Å². The molecule has 0 fully saturated rings. The van der Waals surface area contributed by atoms with Crippen LogP contribution in [0.4, 0.5) is 0 Å². The lowest BCUT2D eigenvalue weighted by Crippen LogP contribution is -2.31. The van der Waals surface area contributed by atoms with Crippen LogP contribution in [0, 0.1) is 0 Å². The Morgan fingerprint density at radius 3 is 3.00 bits per heavy atom. The van der Waals surface area contributed by atoms with Crippen LogP contribution >= 0.6 is 0 Å². The van der Waals surface area contributed by atoms with E-state index in [4.69, 9.17) is 4.65 Å². The number of hydrogen-bond donors (Lipinski definition) is 1. The molecule has 13 heavy (non-hydrogen) atoms. The van der Waals surface area contributed by atoms with Gasteiger partial charge in [-0.15, -0.1) is 0 Å². The van der Waals surface area contributed by atoms with Gasteiger partial charge in [0.2, 0.25) is 0 Å². The molecule has 65 valence electrons. The van der Waals surface area contributed by atoms with Crippen molar-refractivity contribution in [1.82, 2.24) is 0 Å². The Hall–Kier alpha value is -0.730. The summed E-state index contributed by atoms with van der Waals surface area (Å²) in [6.07, 6.45) is 0.0101. The summed E-state index contributed by atoms with van der Waals surface area (Å²) in [6, 6.07) is 6.03. The lowest BCUT2D eigenvalue weighted by molar-refractivity contribution is 0.209. The lowest BCUT2D eigenvalue weighted by atomic mass is 9.69. The highest BCUT2D eigenvalue weighted by molar-refractivity contribution is 6.63. The highest BCUT2D eigenvalue weighted by Crippen LogP contribution is 2.21. The zero-order chi connectivity index (χ0) is 9.42. The van der Waals surface area contributed by atoms with Crippen LogP contribution < -0.4 is 10.9 Å². The number of fused-ring (bicyclic) bond motifs is 1. The Kier molecular flexibility index (Phi) is 2.18. The quantitative estimate of drug-likeness (QED) is 0.597. The van der Waals surface area contributed by atoms with Crippen molar-refractivity contribution >= 4 is 25.3 Å². The van der Waals surface area contributed by atoms with E-state index in [0.717, 1.165) is 16.5 Å². The van der Waals surface area contributed by atoms with Crippen molar-refractivity contribution in [2.75, 3.05) is 0 Å². The van der Waals surface area contributed by atoms with E-state index >= 15 is 0 Å². The molecule has 1 aromatic carbocycles. The average molecular weight is 173 g/mol. The first-order valence-electron chi connectivity index (χ1n) is 4.49. The van der Waals surface area contributed by atoms with Crippen molar-refractivity contribution in [2.24, 2.45) is 0 Å². The van der Waals surface area contributed by atoms with Gasteiger partial charge in [0.15, 0.2) is 0 Å². The van der Waals surface area contributed by atoms with Crippen molar-refractivity contribution in [1.29, 1.82) is 0 Å². The summed E-state index contributed by atoms with van der Waals surface area (Å²) in [5.74, 6) is 0. The van der Waals surface area contributed by atoms with Crippen LogP contribution in [0.5, 0.6) is 0 Å². The molecule has 0 amide bonds. The summed E-state index contributed by atoms with van der Waals surface area (Å²) in [4.78, 5) is 0. The number of rotatable bonds is 1. The van der Waals surface area contributed by atoms with Crippen molar-refractivity contribution in [3.05, 3.63) is 23.8 Å². The van der Waals surface area contributed by atoms with Gasteiger partial charge >= 0.3 is 7.12 Å². The Labute approximate surface area is 79.3 Å². The van der Waals surface area contributed by atoms with E-state index in [2.05, 4.69) is 0 Å². The third-order valence-corrected chi connectivity index (χ3v) is 2.48. The van der Waals surface area contributed by atoms with E-state index in [1.165, 1.54) is 0 Å². The molecule has 0 saturated heterocycles. The van der Waals surface area contributed by atoms with Crippen LogP contribution in [0.1, 0.15) is 18.6 Å². The molecule has 2 nitrogen and oxygen atoms in total. The SMILES string of the molecule is C[B]c1ccc2c(c1)B(O)OC2C. The fourth-order valence-electron chi connectivity index (χ4n) is 1.70. The molecule has 4 heteroatoms. The summed E-state index contributed by atoms with van der Waals surface area (Å²) < 4.78 is 5.27. The Morgan fingerprint density at radius 2 is 2.31 bits per heavy atom. The predicted molar refractivity (Wildman–Crippen MR) is 54.8 cm³/mol. The Bertz CT molecular complexity index is 327. The fourth-order valence-corrected chi connectivity index (χ4v) is 1.70. The van der Waals surface area contributed by atoms with Gasteiger partial charge in [0.05, 0.1) is 6.10 Å². The van der Waals surface area contributed by atoms with Gasteiger partial charge < -0.3 is 9.68 Å². The van der Waals surface area contributed by atoms with E-state index < -0.39 is 7.12 Å². The van der Waals surface area contributed by atoms with Crippen molar-refractivity contribution in [2.45, 2.75) is 19.9 Å². The lowest BCUT2D eigenvalue weighted by Gasteiger charge is -2.04. The second-order valence-electron chi connectivity index (χ2n) is 3.31. The molecule has 1 N–H and O–H groups in total. The Morgan fingerprint density at radius 1 is 1.54 bits per heavy atom. The largest absolute Gasteiger partial charge is 0.491 e. The Balaban J connectivity index is 2.46. The summed E-state index contributed by atoms with van der Waals surface area (Å²) in [5, 5.41) is 9.54. The molecule has 1 aliphatic heterocycles. The van der Waals surface area contributed by atoms with Crippen molar-refractivity contribution in [3.8, 4) is 0 Å². The third-order valence-electron chi connectivity index (χ3n) is 2.48. The van der Waals surface area contributed by atoms with Gasteiger partial charge in [-0.25, -0.2) is 0 Å². The van der Waals surface area contributed by atoms with Gasteiger partial charge in [-0.2, -0.15) is 0 Å². The average Bonchev–Trinajstić information content (AvgIpc) is 2.42. The summed E-state index contributed by atoms with van der Waals surface area (Å²) in [7, 11) is 1.26. The second-order valence-corrected chi connectivity index (χ2v) is 3.31. The van der Waals surface area contributed by atoms with Gasteiger partial charge in [-0.3, -0.25) is 0 Å². The van der Waals surface area contributed by atoms with E-state index in [-0.39, 0.29) is 6.10 Å². The first kappa shape index (κ1) is 8.85. The van der Waals surface area contributed by atoms with Crippen molar-refractivity contribution in [3.63, 3.8) is 0 Å². The summed E-state index contributed by atoms with van der Waals surface area (Å²) >= 11 is 0. The maximum absolute atomic E-state index is 9.54. The molecular weight excluding hydrogens is 162 g/mol. The maximum atomic E-state index is 9.54. The highest BCUT2D eigenvalue weighted by Gasteiger charge is 2.32. The molecule has 0 bridgehead atoms. The molecule has 1 atom stereocenters. The minimum atomic E-state index is -0.745. The third kappa shape index (κ3) is 1.40. The molecule has 0 saturated carbocycles. The molecule has 1 aromatic rings. The molecule has 1 aliphatic rings. The molecule has 1 heterocycles. The molecule has 0 aliphatic carbocycles. The summed E-state index contributed by atoms with van der Waals surface area (Å²) in [6.45, 7) is 3.93. The normalized spacial score (nSPS) is 20.2. The second kappa shape index (κ2) is 3.20. The van der Waals surface area contributed by atoms with E-state index in [0.29, 0.717) is 0 Å². The van der Waals surface area contributed by atoms with Gasteiger partial charge in [0.25, 0.3) is 0 Å². The van der Waals surface area contributed by atoms with E-state index in [1.807, 2.05) is 39.2 Å². The molecule has 1 unspecified atom stereocenters. The van der Waals surface area contributed by atoms with Crippen LogP contribution in [0.3, 0.4) is 0 Å². The van der Waals surface area contributed by atoms with Crippen LogP contribution in [-0.4, -0.2) is 19.4 Å². The van der Waals surface area contributed by atoms with Gasteiger partial charge in [-0.1, -0.05) is 30.5 Å². The first-order valence-corrected chi connectivity index (χ1v) is 4.49. The zero-order valence-corrected chi connectivity index (χ0v) is 7.82. The van der Waals surface area contributed by atoms with Gasteiger partial charge in [-0.05, 0) is 17.9 Å². The van der Waals surface area contributed by atoms with Crippen molar-refractivity contribution < 1.29 is 9.68 Å². The first-order chi connectivity index (χ1) is 6.22. The van der Waals surface area contributed by atoms with E-state index in [1.54, 1.807) is 0 Å². The molecule has 0 aromatic heterocycles. The minimum Gasteiger partial charge on any atom is -0.423 e. The zero-order valence-electron chi connectivity index (χ0n) is 7.82. The summed E-state index contributed by atoms with van der Waals surface area (Å²) in [5.41, 5.74) is 3.12. The molecule has 2 rings (SSSR count). The molecule has 0 spiro atoms. The highest BCUT2D eigenvalue weighted by atomic mass is 16.5. The van der Waals surface area contributed by atoms with Gasteiger partial charge in [0, 0.05) is 0 Å². The predicted octanol–water partition coefficient (Wildman–Crippen LogP) is -0.157. The van der Waals surface area contributed by atoms with Crippen LogP contribution in [0.15, 0.2) is 18.2 Å². The monoisotopic (exact) mass is 173 g/mol. The minimum absolute atomic E-state index is 0.0101. The smallest absolute Gasteiger partial charge is 0.423 e. The molecular formula is C9H11B2O2. The number of hydrogen-bond acceptors (Lipinski definition) is 2. The fraction of sp³-hybridized carbons (Fsp3) is 0.333. The number of benzene rings is 1. The standard InChI is InChI=1S/C9H11B2O2/c1-6-8-4-3-7(10-2)5-9(8)11(12)13-6/h3-6,12H,1-2H3. The topological polar surface area (TPSA) is 29.5 Å². The van der Waals surface area contributed by atoms with Crippen LogP contribution in [-0.2, 0) is 4.65 Å². The van der Waals surface area contributed by atoms with Crippen LogP contribution in [0.2, 0.25) is 6.82 Å². The van der Waals surface area contributed by atoms with Gasteiger partial charge in [0.1, 0.15) is 7.28 Å².